The van der Waals surface area contributed by atoms with Crippen molar-refractivity contribution in [3.63, 3.8) is 0 Å². The van der Waals surface area contributed by atoms with Gasteiger partial charge in [0.2, 0.25) is 0 Å². The minimum atomic E-state index is -1.41. The molecule has 0 aromatic rings. The van der Waals surface area contributed by atoms with Gasteiger partial charge in [0, 0.05) is 29.6 Å². The van der Waals surface area contributed by atoms with Crippen LogP contribution in [0.2, 0.25) is 0 Å². The molecule has 13 heteroatoms. The summed E-state index contributed by atoms with van der Waals surface area (Å²) in [6.07, 6.45) is -2.04. The van der Waals surface area contributed by atoms with Gasteiger partial charge in [0.15, 0.2) is 5.12 Å². The number of alkyl carbamates (subject to hydrolysis) is 1. The topological polar surface area (TPSA) is 161 Å². The predicted octanol–water partition coefficient (Wildman–Crippen LogP) is 2.76. The lowest BCUT2D eigenvalue weighted by atomic mass is 10.3. The van der Waals surface area contributed by atoms with Crippen LogP contribution in [0.5, 0.6) is 0 Å². The average Bonchev–Trinajstić information content (AvgIpc) is 2.84. The van der Waals surface area contributed by atoms with E-state index in [2.05, 4.69) is 25.1 Å². The fourth-order valence-electron chi connectivity index (χ4n) is 2.12. The van der Waals surface area contributed by atoms with Crippen molar-refractivity contribution in [1.29, 1.82) is 0 Å². The first kappa shape index (κ1) is 34.4. The maximum Gasteiger partial charge on any atom is 0.410 e. The van der Waals surface area contributed by atoms with Crippen LogP contribution in [0, 0.1) is 0 Å². The van der Waals surface area contributed by atoms with Crippen molar-refractivity contribution in [1.82, 2.24) is 5.32 Å². The van der Waals surface area contributed by atoms with E-state index in [1.165, 1.54) is 20.8 Å². The largest absolute Gasteiger partial charge is 0.462 e. The van der Waals surface area contributed by atoms with Gasteiger partial charge < -0.3 is 29.0 Å². The molecule has 1 atom stereocenters. The molecule has 0 aliphatic heterocycles. The molecule has 1 N–H and O–H groups in total. The summed E-state index contributed by atoms with van der Waals surface area (Å²) in [5.74, 6) is -2.71. The van der Waals surface area contributed by atoms with E-state index in [4.69, 9.17) is 23.7 Å². The number of hydrogen-bond donors (Lipinski definition) is 1. The minimum Gasteiger partial charge on any atom is -0.462 e. The molecule has 1 unspecified atom stereocenters. The molecule has 212 valence electrons. The van der Waals surface area contributed by atoms with Crippen LogP contribution >= 0.6 is 11.8 Å². The Bertz CT molecular complexity index is 865. The molecule has 12 nitrogen and oxygen atoms in total. The van der Waals surface area contributed by atoms with Crippen LogP contribution in [0.15, 0.2) is 36.5 Å². The van der Waals surface area contributed by atoms with Gasteiger partial charge in [0.05, 0.1) is 25.5 Å². The summed E-state index contributed by atoms with van der Waals surface area (Å²) in [4.78, 5) is 70.5. The molecule has 1 amide bonds. The van der Waals surface area contributed by atoms with Gasteiger partial charge in [-0.25, -0.2) is 19.2 Å². The number of thioether (sulfide) groups is 1. The van der Waals surface area contributed by atoms with E-state index in [0.717, 1.165) is 11.8 Å². The van der Waals surface area contributed by atoms with Crippen LogP contribution in [-0.2, 0) is 47.7 Å². The van der Waals surface area contributed by atoms with E-state index in [1.807, 2.05) is 0 Å². The van der Waals surface area contributed by atoms with E-state index < -0.39 is 36.3 Å². The highest BCUT2D eigenvalue weighted by Crippen LogP contribution is 2.14. The van der Waals surface area contributed by atoms with Crippen LogP contribution < -0.4 is 5.32 Å². The van der Waals surface area contributed by atoms with Gasteiger partial charge in [0.1, 0.15) is 6.61 Å². The normalized spacial score (nSPS) is 10.8. The fraction of sp³-hybridized carbons (Fsp3) is 0.520. The molecule has 0 spiro atoms. The summed E-state index contributed by atoms with van der Waals surface area (Å²) in [5, 5.41) is 2.02. The first-order chi connectivity index (χ1) is 17.8. The second kappa shape index (κ2) is 19.5. The van der Waals surface area contributed by atoms with Crippen LogP contribution in [-0.4, -0.2) is 73.5 Å². The maximum absolute atomic E-state index is 12.2. The number of rotatable bonds is 18. The van der Waals surface area contributed by atoms with Crippen LogP contribution in [0.3, 0.4) is 0 Å². The highest BCUT2D eigenvalue weighted by molar-refractivity contribution is 8.13. The quantitative estimate of drug-likeness (QED) is 0.0864. The Balaban J connectivity index is 4.70. The molecule has 0 saturated carbocycles. The zero-order valence-corrected chi connectivity index (χ0v) is 22.8. The molecule has 0 heterocycles. The molecule has 38 heavy (non-hydrogen) atoms. The third-order valence-corrected chi connectivity index (χ3v) is 5.01. The second-order valence-corrected chi connectivity index (χ2v) is 8.97. The smallest absolute Gasteiger partial charge is 0.410 e. The highest BCUT2D eigenvalue weighted by atomic mass is 32.2. The minimum absolute atomic E-state index is 0.0290. The third kappa shape index (κ3) is 17.8. The summed E-state index contributed by atoms with van der Waals surface area (Å²) >= 11 is 0.767. The lowest BCUT2D eigenvalue weighted by molar-refractivity contribution is -0.165. The standard InChI is InChI=1S/C25H35NO11S/c1-16(2)22(29)33-12-7-9-19(27)36-21(37-25(32)26-11-14-35-24(31)18(5)6)15-38-20(28)10-8-13-34-23(30)17(3)4/h21H,1,3,5,7-15H2,2,4,6H3,(H,26,32). The van der Waals surface area contributed by atoms with Crippen LogP contribution in [0.25, 0.3) is 0 Å². The Morgan fingerprint density at radius 2 is 1.18 bits per heavy atom. The summed E-state index contributed by atoms with van der Waals surface area (Å²) < 4.78 is 24.9. The van der Waals surface area contributed by atoms with Crippen LogP contribution in [0.1, 0.15) is 46.5 Å². The highest BCUT2D eigenvalue weighted by Gasteiger charge is 2.21. The fourth-order valence-corrected chi connectivity index (χ4v) is 2.87. The lowest BCUT2D eigenvalue weighted by Gasteiger charge is -2.18. The zero-order valence-electron chi connectivity index (χ0n) is 22.0. The zero-order chi connectivity index (χ0) is 29.1. The predicted molar refractivity (Wildman–Crippen MR) is 138 cm³/mol. The SMILES string of the molecule is C=C(C)C(=O)OCCCC(=O)OC(CSC(=O)CCCOC(=O)C(=C)C)OC(=O)NCCOC(=O)C(=C)C. The van der Waals surface area contributed by atoms with Crippen molar-refractivity contribution in [2.24, 2.45) is 0 Å². The van der Waals surface area contributed by atoms with E-state index in [9.17, 15) is 28.8 Å². The van der Waals surface area contributed by atoms with Crippen LogP contribution in [0.4, 0.5) is 4.79 Å². The molecule has 0 aromatic carbocycles. The maximum atomic E-state index is 12.2. The Kier molecular flexibility index (Phi) is 17.6. The van der Waals surface area contributed by atoms with E-state index in [1.54, 1.807) is 0 Å². The number of esters is 4. The monoisotopic (exact) mass is 557 g/mol. The molecule has 0 radical (unpaired) electrons. The molecule has 0 aliphatic rings. The number of carbonyl (C=O) groups is 6. The van der Waals surface area contributed by atoms with Crippen molar-refractivity contribution < 1.29 is 52.5 Å². The molecule has 0 rings (SSSR count). The van der Waals surface area contributed by atoms with Crippen molar-refractivity contribution in [2.75, 3.05) is 32.1 Å². The molecular weight excluding hydrogens is 522 g/mol. The summed E-state index contributed by atoms with van der Waals surface area (Å²) in [7, 11) is 0. The van der Waals surface area contributed by atoms with Crippen molar-refractivity contribution >= 4 is 46.8 Å². The lowest BCUT2D eigenvalue weighted by Crippen LogP contribution is -2.35. The molecule has 0 aromatic heterocycles. The molecule has 0 fully saturated rings. The van der Waals surface area contributed by atoms with Gasteiger partial charge >= 0.3 is 30.0 Å². The van der Waals surface area contributed by atoms with Crippen molar-refractivity contribution in [3.8, 4) is 0 Å². The molecular formula is C25H35NO11S. The van der Waals surface area contributed by atoms with E-state index in [0.29, 0.717) is 0 Å². The second-order valence-electron chi connectivity index (χ2n) is 7.89. The van der Waals surface area contributed by atoms with Gasteiger partial charge in [-0.15, -0.1) is 0 Å². The van der Waals surface area contributed by atoms with E-state index in [-0.39, 0.29) is 79.6 Å². The number of hydrogen-bond acceptors (Lipinski definition) is 12. The number of nitrogens with one attached hydrogen (secondary N) is 1. The van der Waals surface area contributed by atoms with Gasteiger partial charge in [-0.1, -0.05) is 31.5 Å². The first-order valence-corrected chi connectivity index (χ1v) is 12.6. The number of carbonyl (C=O) groups excluding carboxylic acids is 6. The van der Waals surface area contributed by atoms with Gasteiger partial charge in [-0.3, -0.25) is 9.59 Å². The molecule has 0 aliphatic carbocycles. The molecule has 0 bridgehead atoms. The Labute approximate surface area is 226 Å². The molecule has 0 saturated heterocycles. The van der Waals surface area contributed by atoms with Gasteiger partial charge in [-0.2, -0.15) is 0 Å². The Morgan fingerprint density at radius 1 is 0.711 bits per heavy atom. The van der Waals surface area contributed by atoms with E-state index >= 15 is 0 Å². The van der Waals surface area contributed by atoms with Gasteiger partial charge in [-0.05, 0) is 33.6 Å². The average molecular weight is 558 g/mol. The van der Waals surface area contributed by atoms with Gasteiger partial charge in [0.25, 0.3) is 6.29 Å². The number of amides is 1. The Hall–Kier alpha value is -3.61. The summed E-state index contributed by atoms with van der Waals surface area (Å²) in [6, 6.07) is 0. The number of ether oxygens (including phenoxy) is 5. The third-order valence-electron chi connectivity index (χ3n) is 4.05. The summed E-state index contributed by atoms with van der Waals surface area (Å²) in [6.45, 7) is 14.6. The summed E-state index contributed by atoms with van der Waals surface area (Å²) in [5.41, 5.74) is 0.662. The first-order valence-electron chi connectivity index (χ1n) is 11.6. The van der Waals surface area contributed by atoms with Crippen molar-refractivity contribution in [2.45, 2.75) is 52.7 Å². The van der Waals surface area contributed by atoms with Crippen molar-refractivity contribution in [3.05, 3.63) is 36.5 Å². The Morgan fingerprint density at radius 3 is 1.68 bits per heavy atom.